The molecule has 106 valence electrons. The number of nitrogens with two attached hydrogens (primary N) is 1. The number of benzene rings is 1. The fourth-order valence-electron chi connectivity index (χ4n) is 2.38. The van der Waals surface area contributed by atoms with Crippen LogP contribution >= 0.6 is 0 Å². The highest BCUT2D eigenvalue weighted by molar-refractivity contribution is 5.53. The van der Waals surface area contributed by atoms with E-state index in [2.05, 4.69) is 20.5 Å². The molecule has 0 aliphatic heterocycles. The fraction of sp³-hybridized carbons (Fsp3) is 0.286. The maximum absolute atomic E-state index is 5.87. The van der Waals surface area contributed by atoms with Crippen LogP contribution in [0.5, 0.6) is 0 Å². The minimum absolute atomic E-state index is 0.399. The van der Waals surface area contributed by atoms with Crippen molar-refractivity contribution in [1.29, 1.82) is 0 Å². The van der Waals surface area contributed by atoms with Crippen LogP contribution < -0.4 is 5.73 Å². The molecule has 2 N–H and O–H groups in total. The highest BCUT2D eigenvalue weighted by atomic mass is 16.5. The summed E-state index contributed by atoms with van der Waals surface area (Å²) in [6, 6.07) is 9.71. The monoisotopic (exact) mass is 282 g/mol. The minimum Gasteiger partial charge on any atom is -0.381 e. The maximum atomic E-state index is 5.87. The van der Waals surface area contributed by atoms with Crippen molar-refractivity contribution in [2.75, 3.05) is 5.73 Å². The van der Waals surface area contributed by atoms with Gasteiger partial charge in [-0.1, -0.05) is 40.7 Å². The number of anilines is 1. The Morgan fingerprint density at radius 3 is 2.81 bits per heavy atom. The Hall–Kier alpha value is -2.70. The molecule has 1 aliphatic carbocycles. The molecule has 3 aromatic rings. The van der Waals surface area contributed by atoms with E-state index in [9.17, 15) is 0 Å². The van der Waals surface area contributed by atoms with Crippen LogP contribution in [-0.4, -0.2) is 25.1 Å². The molecule has 0 radical (unpaired) electrons. The number of aromatic nitrogens is 5. The second-order valence-electron chi connectivity index (χ2n) is 5.17. The van der Waals surface area contributed by atoms with Gasteiger partial charge in [0.25, 0.3) is 0 Å². The van der Waals surface area contributed by atoms with Crippen LogP contribution in [0.1, 0.15) is 30.3 Å². The molecule has 21 heavy (non-hydrogen) atoms. The molecule has 7 heteroatoms. The lowest BCUT2D eigenvalue weighted by Gasteiger charge is -2.01. The number of hydrogen-bond acceptors (Lipinski definition) is 6. The summed E-state index contributed by atoms with van der Waals surface area (Å²) in [6.07, 6.45) is 2.27. The first-order chi connectivity index (χ1) is 10.3. The SMILES string of the molecule is Nc1nnn(Cc2nc(-c3ccccc3)no2)c1C1CC1. The van der Waals surface area contributed by atoms with Gasteiger partial charge in [0.2, 0.25) is 11.7 Å². The number of nitrogens with zero attached hydrogens (tertiary/aromatic N) is 5. The van der Waals surface area contributed by atoms with Crippen molar-refractivity contribution in [3.63, 3.8) is 0 Å². The zero-order chi connectivity index (χ0) is 14.2. The lowest BCUT2D eigenvalue weighted by Crippen LogP contribution is -2.07. The number of nitrogen functional groups attached to an aromatic ring is 1. The largest absolute Gasteiger partial charge is 0.381 e. The molecular weight excluding hydrogens is 268 g/mol. The first-order valence-electron chi connectivity index (χ1n) is 6.88. The summed E-state index contributed by atoms with van der Waals surface area (Å²) in [4.78, 5) is 4.40. The quantitative estimate of drug-likeness (QED) is 0.784. The summed E-state index contributed by atoms with van der Waals surface area (Å²) in [5, 5.41) is 12.0. The van der Waals surface area contributed by atoms with Gasteiger partial charge in [-0.25, -0.2) is 4.68 Å². The molecule has 0 atom stereocenters. The Kier molecular flexibility index (Phi) is 2.70. The molecule has 1 fully saturated rings. The average Bonchev–Trinajstić information content (AvgIpc) is 3.12. The normalized spacial score (nSPS) is 14.5. The Morgan fingerprint density at radius 1 is 1.24 bits per heavy atom. The van der Waals surface area contributed by atoms with E-state index in [1.54, 1.807) is 4.68 Å². The van der Waals surface area contributed by atoms with Gasteiger partial charge in [0.15, 0.2) is 5.82 Å². The molecule has 0 amide bonds. The summed E-state index contributed by atoms with van der Waals surface area (Å²) in [5.41, 5.74) is 7.78. The Morgan fingerprint density at radius 2 is 2.05 bits per heavy atom. The van der Waals surface area contributed by atoms with E-state index in [0.717, 1.165) is 24.1 Å². The molecule has 0 bridgehead atoms. The molecule has 1 saturated carbocycles. The van der Waals surface area contributed by atoms with E-state index >= 15 is 0 Å². The first-order valence-corrected chi connectivity index (χ1v) is 6.88. The highest BCUT2D eigenvalue weighted by Gasteiger charge is 2.31. The van der Waals surface area contributed by atoms with Crippen molar-refractivity contribution < 1.29 is 4.52 Å². The summed E-state index contributed by atoms with van der Waals surface area (Å²) in [6.45, 7) is 0.399. The highest BCUT2D eigenvalue weighted by Crippen LogP contribution is 2.42. The van der Waals surface area contributed by atoms with Crippen LogP contribution in [0.15, 0.2) is 34.9 Å². The zero-order valence-corrected chi connectivity index (χ0v) is 11.3. The molecule has 1 aromatic carbocycles. The van der Waals surface area contributed by atoms with Crippen molar-refractivity contribution in [2.24, 2.45) is 0 Å². The van der Waals surface area contributed by atoms with Gasteiger partial charge in [0.1, 0.15) is 6.54 Å². The predicted molar refractivity (Wildman–Crippen MR) is 75.2 cm³/mol. The van der Waals surface area contributed by atoms with Gasteiger partial charge in [0, 0.05) is 11.5 Å². The third-order valence-corrected chi connectivity index (χ3v) is 3.55. The third-order valence-electron chi connectivity index (χ3n) is 3.55. The van der Waals surface area contributed by atoms with Gasteiger partial charge in [-0.2, -0.15) is 4.98 Å². The molecule has 2 heterocycles. The minimum atomic E-state index is 0.399. The van der Waals surface area contributed by atoms with E-state index in [1.165, 1.54) is 0 Å². The lowest BCUT2D eigenvalue weighted by atomic mass is 10.2. The Bertz CT molecular complexity index is 759. The fourth-order valence-corrected chi connectivity index (χ4v) is 2.38. The summed E-state index contributed by atoms with van der Waals surface area (Å²) in [5.74, 6) is 2.05. The van der Waals surface area contributed by atoms with Crippen LogP contribution in [0.2, 0.25) is 0 Å². The van der Waals surface area contributed by atoms with Crippen LogP contribution in [0.4, 0.5) is 5.82 Å². The van der Waals surface area contributed by atoms with Gasteiger partial charge in [-0.15, -0.1) is 5.10 Å². The van der Waals surface area contributed by atoms with Crippen molar-refractivity contribution in [2.45, 2.75) is 25.3 Å². The molecule has 2 aromatic heterocycles. The van der Waals surface area contributed by atoms with Crippen molar-refractivity contribution in [3.05, 3.63) is 41.9 Å². The smallest absolute Gasteiger partial charge is 0.248 e. The van der Waals surface area contributed by atoms with E-state index in [1.807, 2.05) is 30.3 Å². The third kappa shape index (κ3) is 2.26. The van der Waals surface area contributed by atoms with E-state index in [-0.39, 0.29) is 0 Å². The van der Waals surface area contributed by atoms with Gasteiger partial charge < -0.3 is 10.3 Å². The molecule has 0 unspecified atom stereocenters. The average molecular weight is 282 g/mol. The zero-order valence-electron chi connectivity index (χ0n) is 11.3. The van der Waals surface area contributed by atoms with Crippen LogP contribution in [0.3, 0.4) is 0 Å². The van der Waals surface area contributed by atoms with Crippen LogP contribution in [-0.2, 0) is 6.54 Å². The van der Waals surface area contributed by atoms with E-state index in [0.29, 0.717) is 30.0 Å². The first kappa shape index (κ1) is 12.1. The number of rotatable bonds is 4. The topological polar surface area (TPSA) is 95.7 Å². The Labute approximate surface area is 120 Å². The van der Waals surface area contributed by atoms with Gasteiger partial charge in [-0.05, 0) is 12.8 Å². The van der Waals surface area contributed by atoms with E-state index < -0.39 is 0 Å². The number of hydrogen-bond donors (Lipinski definition) is 1. The van der Waals surface area contributed by atoms with Crippen molar-refractivity contribution in [3.8, 4) is 11.4 Å². The summed E-state index contributed by atoms with van der Waals surface area (Å²) >= 11 is 0. The van der Waals surface area contributed by atoms with Crippen LogP contribution in [0, 0.1) is 0 Å². The second-order valence-corrected chi connectivity index (χ2v) is 5.17. The molecule has 0 saturated heterocycles. The molecule has 1 aliphatic rings. The summed E-state index contributed by atoms with van der Waals surface area (Å²) in [7, 11) is 0. The van der Waals surface area contributed by atoms with Gasteiger partial charge in [0.05, 0.1) is 5.69 Å². The second kappa shape index (κ2) is 4.69. The van der Waals surface area contributed by atoms with E-state index in [4.69, 9.17) is 10.3 Å². The molecule has 7 nitrogen and oxygen atoms in total. The standard InChI is InChI=1S/C14H14N6O/c15-13-12(9-6-7-9)20(19-17-13)8-11-16-14(18-21-11)10-4-2-1-3-5-10/h1-5,9H,6-8,15H2. The summed E-state index contributed by atoms with van der Waals surface area (Å²) < 4.78 is 7.06. The van der Waals surface area contributed by atoms with Crippen molar-refractivity contribution in [1.82, 2.24) is 25.1 Å². The molecular formula is C14H14N6O. The van der Waals surface area contributed by atoms with Crippen molar-refractivity contribution >= 4 is 5.82 Å². The molecule has 0 spiro atoms. The maximum Gasteiger partial charge on any atom is 0.248 e. The lowest BCUT2D eigenvalue weighted by molar-refractivity contribution is 0.362. The van der Waals surface area contributed by atoms with Gasteiger partial charge >= 0.3 is 0 Å². The molecule has 4 rings (SSSR count). The Balaban J connectivity index is 1.60. The van der Waals surface area contributed by atoms with Gasteiger partial charge in [-0.3, -0.25) is 0 Å². The van der Waals surface area contributed by atoms with Crippen LogP contribution in [0.25, 0.3) is 11.4 Å². The predicted octanol–water partition coefficient (Wildman–Crippen LogP) is 1.84.